The molecule has 0 aromatic heterocycles. The predicted octanol–water partition coefficient (Wildman–Crippen LogP) is 2.09. The van der Waals surface area contributed by atoms with Crippen LogP contribution >= 0.6 is 0 Å². The normalized spacial score (nSPS) is 27.0. The summed E-state index contributed by atoms with van der Waals surface area (Å²) in [5.74, 6) is -1.15. The molecule has 3 rings (SSSR count). The molecule has 22 heavy (non-hydrogen) atoms. The van der Waals surface area contributed by atoms with Crippen molar-refractivity contribution in [3.8, 4) is 0 Å². The van der Waals surface area contributed by atoms with E-state index in [2.05, 4.69) is 0 Å². The SMILES string of the molecule is Cc1c([N+](=O)[O-])ccc(N2[C@@H]3CC[C@H]2CC(O)C3)c1C(=O)O. The van der Waals surface area contributed by atoms with E-state index < -0.39 is 10.9 Å². The van der Waals surface area contributed by atoms with Crippen molar-refractivity contribution in [3.05, 3.63) is 33.4 Å². The second kappa shape index (κ2) is 5.24. The lowest BCUT2D eigenvalue weighted by molar-refractivity contribution is -0.385. The van der Waals surface area contributed by atoms with Crippen molar-refractivity contribution in [2.24, 2.45) is 0 Å². The van der Waals surface area contributed by atoms with E-state index in [1.54, 1.807) is 0 Å². The number of carboxylic acid groups (broad SMARTS) is 1. The highest BCUT2D eigenvalue weighted by Crippen LogP contribution is 2.42. The smallest absolute Gasteiger partial charge is 0.338 e. The molecule has 118 valence electrons. The summed E-state index contributed by atoms with van der Waals surface area (Å²) in [4.78, 5) is 24.2. The Morgan fingerprint density at radius 1 is 1.32 bits per heavy atom. The van der Waals surface area contributed by atoms with Gasteiger partial charge in [-0.15, -0.1) is 0 Å². The van der Waals surface area contributed by atoms with Crippen LogP contribution in [0.2, 0.25) is 0 Å². The van der Waals surface area contributed by atoms with Gasteiger partial charge in [-0.25, -0.2) is 4.79 Å². The molecule has 2 N–H and O–H groups in total. The standard InChI is InChI=1S/C15H18N2O5/c1-8-12(17(21)22)4-5-13(14(8)15(19)20)16-9-2-3-10(16)7-11(18)6-9/h4-5,9-11,18H,2-3,6-7H2,1H3,(H,19,20)/t9-,10+,11?. The van der Waals surface area contributed by atoms with Gasteiger partial charge in [0.2, 0.25) is 0 Å². The molecule has 3 atom stereocenters. The highest BCUT2D eigenvalue weighted by molar-refractivity contribution is 5.97. The summed E-state index contributed by atoms with van der Waals surface area (Å²) >= 11 is 0. The highest BCUT2D eigenvalue weighted by Gasteiger charge is 2.42. The van der Waals surface area contributed by atoms with Crippen LogP contribution in [-0.2, 0) is 0 Å². The molecular formula is C15H18N2O5. The fraction of sp³-hybridized carbons (Fsp3) is 0.533. The van der Waals surface area contributed by atoms with E-state index in [-0.39, 0.29) is 35.0 Å². The third kappa shape index (κ3) is 2.21. The average Bonchev–Trinajstić information content (AvgIpc) is 2.69. The van der Waals surface area contributed by atoms with Gasteiger partial charge in [0.1, 0.15) is 0 Å². The Morgan fingerprint density at radius 2 is 1.91 bits per heavy atom. The molecular weight excluding hydrogens is 288 g/mol. The van der Waals surface area contributed by atoms with E-state index in [1.165, 1.54) is 19.1 Å². The number of carboxylic acids is 1. The number of aromatic carboxylic acids is 1. The number of nitrogens with zero attached hydrogens (tertiary/aromatic N) is 2. The molecule has 0 saturated carbocycles. The second-order valence-electron chi connectivity index (χ2n) is 6.08. The van der Waals surface area contributed by atoms with E-state index in [0.717, 1.165) is 12.8 Å². The minimum Gasteiger partial charge on any atom is -0.478 e. The number of carbonyl (C=O) groups is 1. The molecule has 0 radical (unpaired) electrons. The zero-order chi connectivity index (χ0) is 16.0. The third-order valence-electron chi connectivity index (χ3n) is 4.81. The maximum Gasteiger partial charge on any atom is 0.338 e. The summed E-state index contributed by atoms with van der Waals surface area (Å²) in [5.41, 5.74) is 0.545. The largest absolute Gasteiger partial charge is 0.478 e. The lowest BCUT2D eigenvalue weighted by atomic mass is 9.96. The Labute approximate surface area is 127 Å². The molecule has 0 spiro atoms. The summed E-state index contributed by atoms with van der Waals surface area (Å²) in [6.07, 6.45) is 2.71. The summed E-state index contributed by atoms with van der Waals surface area (Å²) in [6, 6.07) is 3.12. The zero-order valence-electron chi connectivity index (χ0n) is 12.2. The average molecular weight is 306 g/mol. The van der Waals surface area contributed by atoms with Crippen LogP contribution < -0.4 is 4.90 Å². The van der Waals surface area contributed by atoms with Crippen molar-refractivity contribution >= 4 is 17.3 Å². The minimum atomic E-state index is -1.15. The van der Waals surface area contributed by atoms with E-state index in [1.807, 2.05) is 4.90 Å². The van der Waals surface area contributed by atoms with Crippen molar-refractivity contribution in [3.63, 3.8) is 0 Å². The highest BCUT2D eigenvalue weighted by atomic mass is 16.6. The van der Waals surface area contributed by atoms with Crippen LogP contribution in [0.15, 0.2) is 12.1 Å². The first-order valence-electron chi connectivity index (χ1n) is 7.37. The molecule has 2 fully saturated rings. The maximum atomic E-state index is 11.7. The zero-order valence-corrected chi connectivity index (χ0v) is 12.2. The van der Waals surface area contributed by atoms with Crippen LogP contribution in [0.5, 0.6) is 0 Å². The number of nitro groups is 1. The number of anilines is 1. The molecule has 0 aliphatic carbocycles. The first-order chi connectivity index (χ1) is 10.4. The fourth-order valence-electron chi connectivity index (χ4n) is 3.91. The lowest BCUT2D eigenvalue weighted by Gasteiger charge is -2.39. The third-order valence-corrected chi connectivity index (χ3v) is 4.81. The molecule has 2 saturated heterocycles. The molecule has 1 aromatic rings. The van der Waals surface area contributed by atoms with Crippen molar-refractivity contribution in [1.82, 2.24) is 0 Å². The van der Waals surface area contributed by atoms with Crippen LogP contribution in [0.3, 0.4) is 0 Å². The fourth-order valence-corrected chi connectivity index (χ4v) is 3.91. The summed E-state index contributed by atoms with van der Waals surface area (Å²) < 4.78 is 0. The Balaban J connectivity index is 2.10. The number of hydrogen-bond donors (Lipinski definition) is 2. The summed E-state index contributed by atoms with van der Waals surface area (Å²) in [5, 5.41) is 30.4. The predicted molar refractivity (Wildman–Crippen MR) is 79.3 cm³/mol. The van der Waals surface area contributed by atoms with Crippen LogP contribution in [0.4, 0.5) is 11.4 Å². The monoisotopic (exact) mass is 306 g/mol. The number of hydrogen-bond acceptors (Lipinski definition) is 5. The van der Waals surface area contributed by atoms with Gasteiger partial charge in [-0.05, 0) is 38.7 Å². The quantitative estimate of drug-likeness (QED) is 0.654. The van der Waals surface area contributed by atoms with Crippen molar-refractivity contribution in [2.75, 3.05) is 4.90 Å². The molecule has 2 bridgehead atoms. The Kier molecular flexibility index (Phi) is 3.52. The van der Waals surface area contributed by atoms with Crippen molar-refractivity contribution in [1.29, 1.82) is 0 Å². The number of aliphatic hydroxyl groups is 1. The molecule has 7 heteroatoms. The number of nitro benzene ring substituents is 1. The van der Waals surface area contributed by atoms with Gasteiger partial charge in [-0.1, -0.05) is 0 Å². The van der Waals surface area contributed by atoms with Gasteiger partial charge >= 0.3 is 5.97 Å². The topological polar surface area (TPSA) is 104 Å². The van der Waals surface area contributed by atoms with E-state index >= 15 is 0 Å². The van der Waals surface area contributed by atoms with Gasteiger partial charge < -0.3 is 15.1 Å². The maximum absolute atomic E-state index is 11.7. The van der Waals surface area contributed by atoms with Gasteiger partial charge in [0.15, 0.2) is 0 Å². The molecule has 0 amide bonds. The van der Waals surface area contributed by atoms with Gasteiger partial charge in [0, 0.05) is 23.7 Å². The van der Waals surface area contributed by atoms with Gasteiger partial charge in [-0.2, -0.15) is 0 Å². The van der Waals surface area contributed by atoms with Crippen LogP contribution in [0.25, 0.3) is 0 Å². The minimum absolute atomic E-state index is 0.00231. The van der Waals surface area contributed by atoms with Crippen LogP contribution in [0.1, 0.15) is 41.6 Å². The molecule has 2 aliphatic heterocycles. The van der Waals surface area contributed by atoms with E-state index in [9.17, 15) is 25.1 Å². The van der Waals surface area contributed by atoms with Gasteiger partial charge in [0.25, 0.3) is 5.69 Å². The summed E-state index contributed by atoms with van der Waals surface area (Å²) in [6.45, 7) is 1.48. The number of rotatable bonds is 3. The van der Waals surface area contributed by atoms with Crippen LogP contribution in [-0.4, -0.2) is 39.3 Å². The Bertz CT molecular complexity index is 631. The first-order valence-corrected chi connectivity index (χ1v) is 7.37. The molecule has 1 aromatic carbocycles. The number of fused-ring (bicyclic) bond motifs is 2. The van der Waals surface area contributed by atoms with Crippen LogP contribution in [0, 0.1) is 17.0 Å². The Hall–Kier alpha value is -2.15. The summed E-state index contributed by atoms with van der Waals surface area (Å²) in [7, 11) is 0. The first kappa shape index (κ1) is 14.8. The lowest BCUT2D eigenvalue weighted by Crippen LogP contribution is -2.45. The molecule has 7 nitrogen and oxygen atoms in total. The van der Waals surface area contributed by atoms with Gasteiger partial charge in [-0.3, -0.25) is 10.1 Å². The van der Waals surface area contributed by atoms with Crippen molar-refractivity contribution < 1.29 is 19.9 Å². The number of benzene rings is 1. The Morgan fingerprint density at radius 3 is 2.41 bits per heavy atom. The molecule has 1 unspecified atom stereocenters. The number of piperidine rings is 1. The van der Waals surface area contributed by atoms with Gasteiger partial charge in [0.05, 0.1) is 22.3 Å². The van der Waals surface area contributed by atoms with E-state index in [4.69, 9.17) is 0 Å². The second-order valence-corrected chi connectivity index (χ2v) is 6.08. The van der Waals surface area contributed by atoms with Crippen molar-refractivity contribution in [2.45, 2.75) is 50.8 Å². The van der Waals surface area contributed by atoms with E-state index in [0.29, 0.717) is 18.5 Å². The molecule has 2 aliphatic rings. The number of aliphatic hydroxyl groups excluding tert-OH is 1. The molecule has 2 heterocycles.